The minimum Gasteiger partial charge on any atom is -0.322 e. The summed E-state index contributed by atoms with van der Waals surface area (Å²) in [6.45, 7) is -0.698. The Bertz CT molecular complexity index is 317. The Morgan fingerprint density at radius 2 is 1.92 bits per heavy atom. The highest BCUT2D eigenvalue weighted by atomic mass is 35.5. The van der Waals surface area contributed by atoms with Crippen LogP contribution in [0.5, 0.6) is 0 Å². The second-order valence-corrected chi connectivity index (χ2v) is 3.77. The van der Waals surface area contributed by atoms with E-state index in [2.05, 4.69) is 0 Å². The summed E-state index contributed by atoms with van der Waals surface area (Å²) in [6, 6.07) is 2.23. The molecule has 0 saturated heterocycles. The fraction of sp³-hybridized carbons (Fsp3) is 0.250. The first-order chi connectivity index (χ1) is 6.06. The summed E-state index contributed by atoms with van der Waals surface area (Å²) in [6.07, 6.45) is 0. The number of benzene rings is 1. The first kappa shape index (κ1) is 11.1. The maximum atomic E-state index is 12.2. The second-order valence-electron chi connectivity index (χ2n) is 2.55. The van der Waals surface area contributed by atoms with E-state index in [9.17, 15) is 4.39 Å². The molecule has 1 aromatic carbocycles. The highest BCUT2D eigenvalue weighted by molar-refractivity contribution is 6.43. The van der Waals surface area contributed by atoms with E-state index in [0.717, 1.165) is 0 Å². The lowest BCUT2D eigenvalue weighted by Gasteiger charge is -2.11. The largest absolute Gasteiger partial charge is 0.322 e. The first-order valence-corrected chi connectivity index (χ1v) is 4.65. The fourth-order valence-corrected chi connectivity index (χ4v) is 1.69. The van der Waals surface area contributed by atoms with Crippen molar-refractivity contribution in [2.45, 2.75) is 6.04 Å². The van der Waals surface area contributed by atoms with Crippen LogP contribution in [0.2, 0.25) is 15.1 Å². The van der Waals surface area contributed by atoms with Gasteiger partial charge in [-0.15, -0.1) is 0 Å². The van der Waals surface area contributed by atoms with Crippen molar-refractivity contribution >= 4 is 34.8 Å². The van der Waals surface area contributed by atoms with E-state index in [1.54, 1.807) is 0 Å². The first-order valence-electron chi connectivity index (χ1n) is 3.52. The predicted molar refractivity (Wildman–Crippen MR) is 54.4 cm³/mol. The van der Waals surface area contributed by atoms with Gasteiger partial charge in [0, 0.05) is 5.02 Å². The second kappa shape index (κ2) is 4.47. The summed E-state index contributed by atoms with van der Waals surface area (Å²) in [7, 11) is 0. The summed E-state index contributed by atoms with van der Waals surface area (Å²) >= 11 is 17.2. The molecule has 1 nitrogen and oxygen atoms in total. The van der Waals surface area contributed by atoms with Crippen LogP contribution in [0, 0.1) is 0 Å². The molecule has 72 valence electrons. The average molecular weight is 243 g/mol. The van der Waals surface area contributed by atoms with E-state index in [4.69, 9.17) is 40.5 Å². The maximum Gasteiger partial charge on any atom is 0.109 e. The number of nitrogens with two attached hydrogens (primary N) is 1. The minimum absolute atomic E-state index is 0.260. The van der Waals surface area contributed by atoms with E-state index < -0.39 is 12.7 Å². The van der Waals surface area contributed by atoms with Crippen molar-refractivity contribution < 1.29 is 4.39 Å². The zero-order chi connectivity index (χ0) is 10.0. The summed E-state index contributed by atoms with van der Waals surface area (Å²) < 4.78 is 12.2. The molecule has 1 rings (SSSR count). The topological polar surface area (TPSA) is 26.0 Å². The molecule has 2 N–H and O–H groups in total. The molecule has 13 heavy (non-hydrogen) atoms. The highest BCUT2D eigenvalue weighted by Gasteiger charge is 2.13. The van der Waals surface area contributed by atoms with Gasteiger partial charge in [-0.25, -0.2) is 4.39 Å². The third-order valence-corrected chi connectivity index (χ3v) is 2.62. The van der Waals surface area contributed by atoms with Gasteiger partial charge in [-0.05, 0) is 17.7 Å². The lowest BCUT2D eigenvalue weighted by Crippen LogP contribution is -2.12. The Morgan fingerprint density at radius 1 is 1.31 bits per heavy atom. The Morgan fingerprint density at radius 3 is 2.46 bits per heavy atom. The van der Waals surface area contributed by atoms with E-state index >= 15 is 0 Å². The quantitative estimate of drug-likeness (QED) is 0.788. The van der Waals surface area contributed by atoms with Gasteiger partial charge in [0.2, 0.25) is 0 Å². The molecule has 1 aromatic rings. The van der Waals surface area contributed by atoms with Crippen molar-refractivity contribution in [2.75, 3.05) is 6.67 Å². The summed E-state index contributed by atoms with van der Waals surface area (Å²) in [5, 5.41) is 0.942. The van der Waals surface area contributed by atoms with Gasteiger partial charge < -0.3 is 5.73 Å². The van der Waals surface area contributed by atoms with Crippen molar-refractivity contribution in [3.63, 3.8) is 0 Å². The van der Waals surface area contributed by atoms with Crippen molar-refractivity contribution in [3.05, 3.63) is 32.8 Å². The maximum absolute atomic E-state index is 12.2. The molecule has 1 unspecified atom stereocenters. The van der Waals surface area contributed by atoms with Crippen LogP contribution in [-0.2, 0) is 0 Å². The third-order valence-electron chi connectivity index (χ3n) is 1.59. The Kier molecular flexibility index (Phi) is 3.80. The standard InChI is InChI=1S/C8H7Cl3FN/c9-4-1-5(7(13)3-12)8(11)6(10)2-4/h1-2,7H,3,13H2. The van der Waals surface area contributed by atoms with Crippen molar-refractivity contribution in [3.8, 4) is 0 Å². The lowest BCUT2D eigenvalue weighted by atomic mass is 10.1. The number of hydrogen-bond acceptors (Lipinski definition) is 1. The predicted octanol–water partition coefficient (Wildman–Crippen LogP) is 3.62. The van der Waals surface area contributed by atoms with Gasteiger partial charge in [-0.2, -0.15) is 0 Å². The molecule has 0 saturated carbocycles. The Labute approximate surface area is 90.6 Å². The van der Waals surface area contributed by atoms with Crippen LogP contribution in [0.4, 0.5) is 4.39 Å². The van der Waals surface area contributed by atoms with Crippen LogP contribution in [0.25, 0.3) is 0 Å². The minimum atomic E-state index is -0.774. The molecular formula is C8H7Cl3FN. The SMILES string of the molecule is NC(CF)c1cc(Cl)cc(Cl)c1Cl. The molecule has 0 amide bonds. The monoisotopic (exact) mass is 241 g/mol. The van der Waals surface area contributed by atoms with Crippen LogP contribution in [-0.4, -0.2) is 6.67 Å². The summed E-state index contributed by atoms with van der Waals surface area (Å²) in [5.74, 6) is 0. The fourth-order valence-electron chi connectivity index (χ4n) is 0.929. The van der Waals surface area contributed by atoms with Crippen LogP contribution in [0.15, 0.2) is 12.1 Å². The van der Waals surface area contributed by atoms with E-state index in [-0.39, 0.29) is 10.0 Å². The average Bonchev–Trinajstić information content (AvgIpc) is 2.10. The zero-order valence-corrected chi connectivity index (χ0v) is 8.80. The molecule has 0 heterocycles. The summed E-state index contributed by atoms with van der Waals surface area (Å²) in [4.78, 5) is 0. The molecule has 0 bridgehead atoms. The molecule has 1 atom stereocenters. The van der Waals surface area contributed by atoms with E-state index in [0.29, 0.717) is 10.6 Å². The van der Waals surface area contributed by atoms with Gasteiger partial charge in [0.1, 0.15) is 6.67 Å². The molecule has 0 aliphatic heterocycles. The Hall–Kier alpha value is -0.0200. The zero-order valence-electron chi connectivity index (χ0n) is 6.53. The number of hydrogen-bond donors (Lipinski definition) is 1. The van der Waals surface area contributed by atoms with Crippen molar-refractivity contribution in [2.24, 2.45) is 5.73 Å². The van der Waals surface area contributed by atoms with Crippen LogP contribution in [0.3, 0.4) is 0 Å². The smallest absolute Gasteiger partial charge is 0.109 e. The van der Waals surface area contributed by atoms with Gasteiger partial charge in [-0.1, -0.05) is 34.8 Å². The third kappa shape index (κ3) is 2.47. The molecule has 0 aliphatic carbocycles. The molecule has 0 aromatic heterocycles. The molecule has 0 aliphatic rings. The van der Waals surface area contributed by atoms with E-state index in [1.165, 1.54) is 12.1 Å². The highest BCUT2D eigenvalue weighted by Crippen LogP contribution is 2.32. The van der Waals surface area contributed by atoms with Crippen molar-refractivity contribution in [1.29, 1.82) is 0 Å². The van der Waals surface area contributed by atoms with Gasteiger partial charge in [-0.3, -0.25) is 0 Å². The van der Waals surface area contributed by atoms with Gasteiger partial charge in [0.05, 0.1) is 16.1 Å². The van der Waals surface area contributed by atoms with Crippen LogP contribution < -0.4 is 5.73 Å². The molecule has 0 spiro atoms. The normalized spacial score (nSPS) is 13.0. The lowest BCUT2D eigenvalue weighted by molar-refractivity contribution is 0.437. The van der Waals surface area contributed by atoms with Gasteiger partial charge >= 0.3 is 0 Å². The van der Waals surface area contributed by atoms with Gasteiger partial charge in [0.25, 0.3) is 0 Å². The molecule has 0 fully saturated rings. The number of halogens is 4. The van der Waals surface area contributed by atoms with Crippen molar-refractivity contribution in [1.82, 2.24) is 0 Å². The summed E-state index contributed by atoms with van der Waals surface area (Å²) in [5.41, 5.74) is 5.89. The van der Waals surface area contributed by atoms with E-state index in [1.807, 2.05) is 0 Å². The van der Waals surface area contributed by atoms with Crippen LogP contribution >= 0.6 is 34.8 Å². The molecular weight excluding hydrogens is 235 g/mol. The van der Waals surface area contributed by atoms with Crippen LogP contribution in [0.1, 0.15) is 11.6 Å². The molecule has 0 radical (unpaired) electrons. The number of rotatable bonds is 2. The molecule has 5 heteroatoms. The Balaban J connectivity index is 3.20. The van der Waals surface area contributed by atoms with Gasteiger partial charge in [0.15, 0.2) is 0 Å². The number of alkyl halides is 1.